The summed E-state index contributed by atoms with van der Waals surface area (Å²) in [6, 6.07) is 6.45. The van der Waals surface area contributed by atoms with E-state index < -0.39 is 21.7 Å². The molecule has 0 saturated carbocycles. The van der Waals surface area contributed by atoms with Crippen molar-refractivity contribution in [2.24, 2.45) is 0 Å². The Morgan fingerprint density at radius 1 is 1.16 bits per heavy atom. The van der Waals surface area contributed by atoms with E-state index in [0.717, 1.165) is 5.56 Å². The van der Waals surface area contributed by atoms with Crippen molar-refractivity contribution < 1.29 is 22.1 Å². The summed E-state index contributed by atoms with van der Waals surface area (Å²) >= 11 is 0. The van der Waals surface area contributed by atoms with Crippen LogP contribution in [-0.2, 0) is 23.8 Å². The maximum absolute atomic E-state index is 12.2. The maximum atomic E-state index is 12.2. The minimum absolute atomic E-state index is 0.0606. The standard InChI is InChI=1S/C13H18O5S/c1-10-5-7-11(8-6-10)19(14,15)18-13(4)9-16-12(2,3)17-13/h5-8H,9H2,1-4H3/t13-/m1/s1. The van der Waals surface area contributed by atoms with E-state index >= 15 is 0 Å². The summed E-state index contributed by atoms with van der Waals surface area (Å²) in [7, 11) is -3.87. The molecule has 1 heterocycles. The Balaban J connectivity index is 2.21. The first kappa shape index (κ1) is 14.5. The van der Waals surface area contributed by atoms with Crippen molar-refractivity contribution in [3.05, 3.63) is 29.8 Å². The van der Waals surface area contributed by atoms with Gasteiger partial charge in [-0.15, -0.1) is 0 Å². The number of benzene rings is 1. The highest BCUT2D eigenvalue weighted by Gasteiger charge is 2.46. The molecule has 1 aliphatic rings. The van der Waals surface area contributed by atoms with Gasteiger partial charge in [0.1, 0.15) is 6.61 Å². The molecule has 0 amide bonds. The molecular weight excluding hydrogens is 268 g/mol. The molecular formula is C13H18O5S. The molecule has 0 bridgehead atoms. The van der Waals surface area contributed by atoms with Crippen molar-refractivity contribution in [1.82, 2.24) is 0 Å². The minimum Gasteiger partial charge on any atom is -0.345 e. The largest absolute Gasteiger partial charge is 0.345 e. The molecule has 0 N–H and O–H groups in total. The molecule has 1 saturated heterocycles. The summed E-state index contributed by atoms with van der Waals surface area (Å²) < 4.78 is 40.3. The highest BCUT2D eigenvalue weighted by molar-refractivity contribution is 7.86. The summed E-state index contributed by atoms with van der Waals surface area (Å²) in [5.41, 5.74) is 0.978. The lowest BCUT2D eigenvalue weighted by Gasteiger charge is -2.24. The number of rotatable bonds is 3. The lowest BCUT2D eigenvalue weighted by Crippen LogP contribution is -2.36. The fourth-order valence-corrected chi connectivity index (χ4v) is 3.02. The Morgan fingerprint density at radius 2 is 1.74 bits per heavy atom. The minimum atomic E-state index is -3.87. The molecule has 19 heavy (non-hydrogen) atoms. The average molecular weight is 286 g/mol. The topological polar surface area (TPSA) is 61.8 Å². The van der Waals surface area contributed by atoms with Crippen LogP contribution in [0.25, 0.3) is 0 Å². The highest BCUT2D eigenvalue weighted by Crippen LogP contribution is 2.34. The molecule has 0 aliphatic carbocycles. The quantitative estimate of drug-likeness (QED) is 0.797. The predicted molar refractivity (Wildman–Crippen MR) is 69.0 cm³/mol. The van der Waals surface area contributed by atoms with Crippen LogP contribution in [0.5, 0.6) is 0 Å². The Bertz CT molecular complexity index is 561. The second-order valence-electron chi connectivity index (χ2n) is 5.27. The number of hydrogen-bond acceptors (Lipinski definition) is 5. The molecule has 2 rings (SSSR count). The van der Waals surface area contributed by atoms with Crippen molar-refractivity contribution in [3.8, 4) is 0 Å². The fourth-order valence-electron chi connectivity index (χ4n) is 1.91. The molecule has 1 aliphatic heterocycles. The van der Waals surface area contributed by atoms with Crippen LogP contribution in [0.1, 0.15) is 26.3 Å². The first-order valence-electron chi connectivity index (χ1n) is 5.98. The zero-order valence-corrected chi connectivity index (χ0v) is 12.3. The van der Waals surface area contributed by atoms with E-state index in [1.165, 1.54) is 12.1 Å². The van der Waals surface area contributed by atoms with E-state index in [2.05, 4.69) is 0 Å². The lowest BCUT2D eigenvalue weighted by atomic mass is 10.2. The SMILES string of the molecule is Cc1ccc(S(=O)(=O)O[C@]2(C)COC(C)(C)O2)cc1. The van der Waals surface area contributed by atoms with Gasteiger partial charge in [-0.1, -0.05) is 17.7 Å². The van der Waals surface area contributed by atoms with E-state index in [0.29, 0.717) is 0 Å². The van der Waals surface area contributed by atoms with Crippen molar-refractivity contribution in [2.75, 3.05) is 6.61 Å². The van der Waals surface area contributed by atoms with Gasteiger partial charge in [0.05, 0.1) is 4.90 Å². The third kappa shape index (κ3) is 3.33. The van der Waals surface area contributed by atoms with Crippen molar-refractivity contribution in [1.29, 1.82) is 0 Å². The van der Waals surface area contributed by atoms with Crippen LogP contribution in [0.15, 0.2) is 29.2 Å². The van der Waals surface area contributed by atoms with Gasteiger partial charge in [0.15, 0.2) is 5.79 Å². The van der Waals surface area contributed by atoms with Crippen molar-refractivity contribution in [2.45, 2.75) is 44.2 Å². The average Bonchev–Trinajstić information content (AvgIpc) is 2.52. The molecule has 1 atom stereocenters. The zero-order chi connectivity index (χ0) is 14.3. The normalized spacial score (nSPS) is 26.5. The van der Waals surface area contributed by atoms with Gasteiger partial charge in [-0.25, -0.2) is 4.18 Å². The molecule has 1 fully saturated rings. The van der Waals surface area contributed by atoms with E-state index in [4.69, 9.17) is 13.7 Å². The second kappa shape index (κ2) is 4.56. The first-order valence-corrected chi connectivity index (χ1v) is 7.39. The zero-order valence-electron chi connectivity index (χ0n) is 11.5. The molecule has 1 aromatic carbocycles. The van der Waals surface area contributed by atoms with Crippen LogP contribution in [0.2, 0.25) is 0 Å². The predicted octanol–water partition coefficient (Wildman–Crippen LogP) is 2.20. The monoisotopic (exact) mass is 286 g/mol. The Kier molecular flexibility index (Phi) is 3.47. The van der Waals surface area contributed by atoms with Gasteiger partial charge in [0.25, 0.3) is 10.1 Å². The number of hydrogen-bond donors (Lipinski definition) is 0. The Morgan fingerprint density at radius 3 is 2.21 bits per heavy atom. The van der Waals surface area contributed by atoms with Gasteiger partial charge in [0, 0.05) is 0 Å². The van der Waals surface area contributed by atoms with E-state index in [1.54, 1.807) is 32.9 Å². The highest BCUT2D eigenvalue weighted by atomic mass is 32.2. The van der Waals surface area contributed by atoms with E-state index in [9.17, 15) is 8.42 Å². The molecule has 1 aromatic rings. The van der Waals surface area contributed by atoms with Gasteiger partial charge in [0.2, 0.25) is 5.79 Å². The van der Waals surface area contributed by atoms with Gasteiger partial charge >= 0.3 is 0 Å². The fraction of sp³-hybridized carbons (Fsp3) is 0.538. The lowest BCUT2D eigenvalue weighted by molar-refractivity contribution is -0.207. The summed E-state index contributed by atoms with van der Waals surface area (Å²) in [6.07, 6.45) is 0. The van der Waals surface area contributed by atoms with Crippen molar-refractivity contribution in [3.63, 3.8) is 0 Å². The molecule has 5 nitrogen and oxygen atoms in total. The smallest absolute Gasteiger partial charge is 0.299 e. The van der Waals surface area contributed by atoms with Crippen LogP contribution in [0.3, 0.4) is 0 Å². The molecule has 0 radical (unpaired) electrons. The Hall–Kier alpha value is -0.950. The van der Waals surface area contributed by atoms with Crippen LogP contribution < -0.4 is 0 Å². The van der Waals surface area contributed by atoms with Crippen LogP contribution in [-0.4, -0.2) is 26.6 Å². The summed E-state index contributed by atoms with van der Waals surface area (Å²) in [5, 5.41) is 0. The summed E-state index contributed by atoms with van der Waals surface area (Å²) in [5.74, 6) is -2.15. The maximum Gasteiger partial charge on any atom is 0.299 e. The molecule has 0 unspecified atom stereocenters. The van der Waals surface area contributed by atoms with Gasteiger partial charge < -0.3 is 9.47 Å². The third-order valence-corrected chi connectivity index (χ3v) is 4.16. The third-order valence-electron chi connectivity index (χ3n) is 2.74. The first-order chi connectivity index (χ1) is 8.62. The van der Waals surface area contributed by atoms with E-state index in [1.807, 2.05) is 6.92 Å². The summed E-state index contributed by atoms with van der Waals surface area (Å²) in [6.45, 7) is 6.91. The van der Waals surface area contributed by atoms with Crippen molar-refractivity contribution >= 4 is 10.1 Å². The Labute approximate surface area is 113 Å². The number of ether oxygens (including phenoxy) is 2. The van der Waals surface area contributed by atoms with Gasteiger partial charge in [-0.3, -0.25) is 0 Å². The number of aryl methyl sites for hydroxylation is 1. The van der Waals surface area contributed by atoms with Gasteiger partial charge in [-0.2, -0.15) is 8.42 Å². The van der Waals surface area contributed by atoms with Crippen LogP contribution >= 0.6 is 0 Å². The molecule has 0 aromatic heterocycles. The van der Waals surface area contributed by atoms with Gasteiger partial charge in [-0.05, 0) is 39.8 Å². The molecule has 6 heteroatoms. The van der Waals surface area contributed by atoms with Crippen LogP contribution in [0.4, 0.5) is 0 Å². The van der Waals surface area contributed by atoms with E-state index in [-0.39, 0.29) is 11.5 Å². The van der Waals surface area contributed by atoms with Crippen LogP contribution in [0, 0.1) is 6.92 Å². The molecule has 106 valence electrons. The molecule has 0 spiro atoms. The second-order valence-corrected chi connectivity index (χ2v) is 6.82. The summed E-state index contributed by atoms with van der Waals surface area (Å²) in [4.78, 5) is 0.104.